The topological polar surface area (TPSA) is 71.3 Å². The summed E-state index contributed by atoms with van der Waals surface area (Å²) < 4.78 is 1.80. The molecule has 5 nitrogen and oxygen atoms in total. The Hall–Kier alpha value is -1.78. The van der Waals surface area contributed by atoms with Gasteiger partial charge in [0.05, 0.1) is 5.56 Å². The van der Waals surface area contributed by atoms with Gasteiger partial charge in [-0.1, -0.05) is 12.8 Å². The first-order chi connectivity index (χ1) is 10.2. The quantitative estimate of drug-likeness (QED) is 0.894. The molecule has 1 fully saturated rings. The minimum atomic E-state index is -0.951. The van der Waals surface area contributed by atoms with Crippen LogP contribution in [0, 0.1) is 5.92 Å². The number of carboxylic acids is 1. The lowest BCUT2D eigenvalue weighted by Gasteiger charge is -2.18. The Labute approximate surface area is 124 Å². The van der Waals surface area contributed by atoms with Crippen LogP contribution >= 0.6 is 0 Å². The van der Waals surface area contributed by atoms with Crippen LogP contribution in [-0.4, -0.2) is 28.1 Å². The number of amides is 1. The van der Waals surface area contributed by atoms with Gasteiger partial charge >= 0.3 is 5.97 Å². The molecule has 0 aromatic carbocycles. The van der Waals surface area contributed by atoms with Crippen molar-refractivity contribution in [2.75, 3.05) is 6.54 Å². The van der Waals surface area contributed by atoms with Crippen LogP contribution in [0.2, 0.25) is 0 Å². The summed E-state index contributed by atoms with van der Waals surface area (Å²) in [7, 11) is 0. The molecule has 0 radical (unpaired) electrons. The molecule has 0 atom stereocenters. The molecule has 0 unspecified atom stereocenters. The van der Waals surface area contributed by atoms with Gasteiger partial charge in [0.2, 0.25) is 0 Å². The molecule has 1 aromatic heterocycles. The Morgan fingerprint density at radius 2 is 2.00 bits per heavy atom. The fraction of sp³-hybridized carbons (Fsp3) is 0.625. The lowest BCUT2D eigenvalue weighted by atomic mass is 10.1. The third-order valence-corrected chi connectivity index (χ3v) is 4.74. The molecule has 1 aromatic rings. The van der Waals surface area contributed by atoms with E-state index in [2.05, 4.69) is 5.32 Å². The van der Waals surface area contributed by atoms with E-state index in [-0.39, 0.29) is 11.6 Å². The molecule has 21 heavy (non-hydrogen) atoms. The average molecular weight is 290 g/mol. The Morgan fingerprint density at radius 1 is 1.24 bits per heavy atom. The number of carbonyl (C=O) groups is 2. The molecule has 1 aliphatic carbocycles. The molecule has 0 spiro atoms. The van der Waals surface area contributed by atoms with Crippen LogP contribution in [0.5, 0.6) is 0 Å². The number of nitrogens with zero attached hydrogens (tertiary/aromatic N) is 1. The number of fused-ring (bicyclic) bond motifs is 1. The molecule has 2 N–H and O–H groups in total. The van der Waals surface area contributed by atoms with Crippen LogP contribution in [0.15, 0.2) is 6.07 Å². The maximum absolute atomic E-state index is 12.4. The van der Waals surface area contributed by atoms with Crippen LogP contribution in [-0.2, 0) is 13.0 Å². The lowest BCUT2D eigenvalue weighted by Crippen LogP contribution is -2.29. The van der Waals surface area contributed by atoms with Crippen molar-refractivity contribution in [1.82, 2.24) is 9.88 Å². The zero-order valence-electron chi connectivity index (χ0n) is 12.2. The summed E-state index contributed by atoms with van der Waals surface area (Å²) in [5, 5.41) is 12.3. The van der Waals surface area contributed by atoms with E-state index in [0.717, 1.165) is 25.0 Å². The number of hydrogen-bond donors (Lipinski definition) is 2. The lowest BCUT2D eigenvalue weighted by molar-refractivity contribution is 0.0683. The van der Waals surface area contributed by atoms with Crippen molar-refractivity contribution < 1.29 is 14.7 Å². The Morgan fingerprint density at radius 3 is 2.71 bits per heavy atom. The molecule has 1 aliphatic heterocycles. The van der Waals surface area contributed by atoms with E-state index in [1.54, 1.807) is 10.6 Å². The predicted molar refractivity (Wildman–Crippen MR) is 78.6 cm³/mol. The van der Waals surface area contributed by atoms with Gasteiger partial charge in [0, 0.05) is 18.8 Å². The van der Waals surface area contributed by atoms with Gasteiger partial charge in [-0.25, -0.2) is 4.79 Å². The van der Waals surface area contributed by atoms with Crippen molar-refractivity contribution in [2.45, 2.75) is 51.5 Å². The molecule has 114 valence electrons. The number of hydrogen-bond acceptors (Lipinski definition) is 2. The average Bonchev–Trinajstić information content (AvgIpc) is 3.12. The number of aromatic nitrogens is 1. The third kappa shape index (κ3) is 2.82. The van der Waals surface area contributed by atoms with Crippen molar-refractivity contribution in [3.63, 3.8) is 0 Å². The van der Waals surface area contributed by atoms with Crippen molar-refractivity contribution >= 4 is 11.9 Å². The highest BCUT2D eigenvalue weighted by molar-refractivity contribution is 5.98. The summed E-state index contributed by atoms with van der Waals surface area (Å²) in [6.07, 6.45) is 7.68. The van der Waals surface area contributed by atoms with E-state index < -0.39 is 5.97 Å². The molecule has 1 saturated carbocycles. The first-order valence-electron chi connectivity index (χ1n) is 7.90. The van der Waals surface area contributed by atoms with E-state index in [0.29, 0.717) is 24.6 Å². The van der Waals surface area contributed by atoms with Crippen LogP contribution in [0.3, 0.4) is 0 Å². The van der Waals surface area contributed by atoms with Gasteiger partial charge in [0.25, 0.3) is 5.91 Å². The van der Waals surface area contributed by atoms with Crippen molar-refractivity contribution in [3.8, 4) is 0 Å². The summed E-state index contributed by atoms with van der Waals surface area (Å²) >= 11 is 0. The first-order valence-corrected chi connectivity index (χ1v) is 7.90. The summed E-state index contributed by atoms with van der Waals surface area (Å²) in [6.45, 7) is 1.42. The highest BCUT2D eigenvalue weighted by atomic mass is 16.4. The van der Waals surface area contributed by atoms with Crippen molar-refractivity contribution in [3.05, 3.63) is 23.0 Å². The zero-order valence-corrected chi connectivity index (χ0v) is 12.2. The molecular weight excluding hydrogens is 268 g/mol. The molecule has 5 heteroatoms. The second-order valence-corrected chi connectivity index (χ2v) is 6.16. The van der Waals surface area contributed by atoms with Gasteiger partial charge in [-0.3, -0.25) is 4.79 Å². The van der Waals surface area contributed by atoms with Gasteiger partial charge < -0.3 is 15.0 Å². The van der Waals surface area contributed by atoms with E-state index in [9.17, 15) is 14.7 Å². The summed E-state index contributed by atoms with van der Waals surface area (Å²) in [5.41, 5.74) is 1.70. The second-order valence-electron chi connectivity index (χ2n) is 6.16. The van der Waals surface area contributed by atoms with Gasteiger partial charge in [-0.05, 0) is 44.1 Å². The number of carboxylic acid groups (broad SMARTS) is 1. The first kappa shape index (κ1) is 14.2. The van der Waals surface area contributed by atoms with E-state index >= 15 is 0 Å². The van der Waals surface area contributed by atoms with Gasteiger partial charge in [-0.15, -0.1) is 0 Å². The predicted octanol–water partition coefficient (Wildman–Crippen LogP) is 2.44. The van der Waals surface area contributed by atoms with Gasteiger partial charge in [0.15, 0.2) is 0 Å². The monoisotopic (exact) mass is 290 g/mol. The van der Waals surface area contributed by atoms with E-state index in [1.165, 1.54) is 25.7 Å². The minimum Gasteiger partial charge on any atom is -0.477 e. The third-order valence-electron chi connectivity index (χ3n) is 4.74. The van der Waals surface area contributed by atoms with E-state index in [4.69, 9.17) is 0 Å². The molecule has 0 bridgehead atoms. The summed E-state index contributed by atoms with van der Waals surface area (Å²) in [4.78, 5) is 23.7. The fourth-order valence-corrected chi connectivity index (χ4v) is 3.60. The Bertz CT molecular complexity index is 556. The second kappa shape index (κ2) is 5.92. The van der Waals surface area contributed by atoms with Gasteiger partial charge in [0.1, 0.15) is 5.69 Å². The molecule has 2 heterocycles. The molecule has 0 saturated heterocycles. The van der Waals surface area contributed by atoms with Crippen LogP contribution in [0.25, 0.3) is 0 Å². The normalized spacial score (nSPS) is 18.5. The molecule has 1 amide bonds. The largest absolute Gasteiger partial charge is 0.477 e. The summed E-state index contributed by atoms with van der Waals surface area (Å²) in [5.74, 6) is -0.473. The van der Waals surface area contributed by atoms with Crippen LogP contribution < -0.4 is 5.32 Å². The smallest absolute Gasteiger partial charge is 0.352 e. The zero-order chi connectivity index (χ0) is 14.8. The number of rotatable bonds is 4. The Balaban J connectivity index is 1.77. The Kier molecular flexibility index (Phi) is 3.99. The van der Waals surface area contributed by atoms with Crippen molar-refractivity contribution in [1.29, 1.82) is 0 Å². The maximum Gasteiger partial charge on any atom is 0.352 e. The summed E-state index contributed by atoms with van der Waals surface area (Å²) in [6, 6.07) is 1.55. The van der Waals surface area contributed by atoms with Crippen molar-refractivity contribution in [2.24, 2.45) is 5.92 Å². The number of aromatic carboxylic acids is 1. The standard InChI is InChI=1S/C16H22N2O3/c19-15(17-10-11-5-1-2-6-11)12-9-14(16(20)21)18-8-4-3-7-13(12)18/h9,11H,1-8,10H2,(H,17,19)(H,20,21). The fourth-order valence-electron chi connectivity index (χ4n) is 3.60. The number of carbonyl (C=O) groups excluding carboxylic acids is 1. The minimum absolute atomic E-state index is 0.111. The molecular formula is C16H22N2O3. The van der Waals surface area contributed by atoms with Gasteiger partial charge in [-0.2, -0.15) is 0 Å². The van der Waals surface area contributed by atoms with Crippen LogP contribution in [0.1, 0.15) is 65.1 Å². The van der Waals surface area contributed by atoms with E-state index in [1.807, 2.05) is 0 Å². The maximum atomic E-state index is 12.4. The van der Waals surface area contributed by atoms with Crippen LogP contribution in [0.4, 0.5) is 0 Å². The molecule has 2 aliphatic rings. The highest BCUT2D eigenvalue weighted by Gasteiger charge is 2.25. The highest BCUT2D eigenvalue weighted by Crippen LogP contribution is 2.25. The molecule has 3 rings (SSSR count). The SMILES string of the molecule is O=C(NCC1CCCC1)c1cc(C(=O)O)n2c1CCCC2. The number of nitrogens with one attached hydrogen (secondary N) is 1.